The van der Waals surface area contributed by atoms with Crippen LogP contribution in [0.15, 0.2) is 48.7 Å². The number of aromatic nitrogens is 1. The van der Waals surface area contributed by atoms with Gasteiger partial charge in [0.1, 0.15) is 23.1 Å². The van der Waals surface area contributed by atoms with E-state index < -0.39 is 35.0 Å². The van der Waals surface area contributed by atoms with Crippen LogP contribution in [0.5, 0.6) is 11.5 Å². The highest BCUT2D eigenvalue weighted by Gasteiger charge is 2.33. The molecule has 10 heteroatoms. The molecule has 3 aromatic rings. The number of hydrogen-bond donors (Lipinski definition) is 0. The maximum Gasteiger partial charge on any atom is 0.410 e. The van der Waals surface area contributed by atoms with Gasteiger partial charge in [-0.3, -0.25) is 0 Å². The third-order valence-electron chi connectivity index (χ3n) is 6.36. The molecule has 0 N–H and O–H groups in total. The number of benzene rings is 2. The van der Waals surface area contributed by atoms with E-state index in [1.54, 1.807) is 55.5 Å². The number of amides is 1. The summed E-state index contributed by atoms with van der Waals surface area (Å²) < 4.78 is 46.0. The molecule has 1 amide bonds. The van der Waals surface area contributed by atoms with Crippen LogP contribution in [0.25, 0.3) is 11.1 Å². The molecule has 4 rings (SSSR count). The number of para-hydroxylation sites is 1. The molecule has 1 aromatic heterocycles. The lowest BCUT2D eigenvalue weighted by molar-refractivity contribution is 0.0171. The molecule has 0 aliphatic carbocycles. The minimum Gasteiger partial charge on any atom is -0.461 e. The number of carbonyl (C=O) groups excluding carboxylic acids is 2. The maximum absolute atomic E-state index is 14.0. The Hall–Kier alpha value is -4.39. The monoisotopic (exact) mass is 551 g/mol. The summed E-state index contributed by atoms with van der Waals surface area (Å²) in [7, 11) is 0. The highest BCUT2D eigenvalue weighted by atomic mass is 19.1. The third kappa shape index (κ3) is 6.25. The Morgan fingerprint density at radius 1 is 1.10 bits per heavy atom. The highest BCUT2D eigenvalue weighted by molar-refractivity contribution is 5.94. The molecule has 2 heterocycles. The SMILES string of the molecule is CCOC(=O)c1c(C#N)c(-c2ccc(Oc3c(F)cccc3F)cc2)cn1[C@@H]1CCCN(C(=O)OC(C)(C)C)C1. The molecule has 210 valence electrons. The minimum absolute atomic E-state index is 0.101. The number of hydrogen-bond acceptors (Lipinski definition) is 6. The molecule has 1 aliphatic heterocycles. The van der Waals surface area contributed by atoms with Gasteiger partial charge in [0.2, 0.25) is 0 Å². The van der Waals surface area contributed by atoms with Gasteiger partial charge in [0.25, 0.3) is 0 Å². The summed E-state index contributed by atoms with van der Waals surface area (Å²) >= 11 is 0. The van der Waals surface area contributed by atoms with Crippen molar-refractivity contribution in [3.8, 4) is 28.7 Å². The van der Waals surface area contributed by atoms with Crippen LogP contribution in [0.4, 0.5) is 13.6 Å². The molecule has 1 fully saturated rings. The van der Waals surface area contributed by atoms with E-state index in [0.29, 0.717) is 37.1 Å². The fourth-order valence-electron chi connectivity index (χ4n) is 4.63. The van der Waals surface area contributed by atoms with Gasteiger partial charge in [0.15, 0.2) is 17.4 Å². The average molecular weight is 552 g/mol. The number of piperidine rings is 1. The number of rotatable bonds is 6. The van der Waals surface area contributed by atoms with E-state index >= 15 is 0 Å². The van der Waals surface area contributed by atoms with Crippen LogP contribution < -0.4 is 4.74 Å². The molecule has 0 saturated carbocycles. The van der Waals surface area contributed by atoms with Gasteiger partial charge in [-0.05, 0) is 70.4 Å². The smallest absolute Gasteiger partial charge is 0.410 e. The number of esters is 1. The van der Waals surface area contributed by atoms with Crippen molar-refractivity contribution in [3.05, 3.63) is 71.6 Å². The van der Waals surface area contributed by atoms with Crippen LogP contribution in [0.1, 0.15) is 62.6 Å². The minimum atomic E-state index is -0.833. The maximum atomic E-state index is 14.0. The Morgan fingerprint density at radius 3 is 2.38 bits per heavy atom. The standard InChI is InChI=1S/C30H31F2N3O5/c1-5-38-28(36)26-22(16-33)23(18-35(26)20-8-7-15-34(17-20)29(37)40-30(2,3)4)19-11-13-21(14-12-19)39-27-24(31)9-6-10-25(27)32/h6,9-14,18,20H,5,7-8,15,17H2,1-4H3/t20-/m1/s1. The van der Waals surface area contributed by atoms with Crippen LogP contribution >= 0.6 is 0 Å². The molecular formula is C30H31F2N3O5. The van der Waals surface area contributed by atoms with E-state index in [4.69, 9.17) is 14.2 Å². The molecule has 1 atom stereocenters. The molecule has 8 nitrogen and oxygen atoms in total. The Bertz CT molecular complexity index is 1420. The summed E-state index contributed by atoms with van der Waals surface area (Å²) in [5.74, 6) is -2.64. The zero-order valence-electron chi connectivity index (χ0n) is 22.9. The van der Waals surface area contributed by atoms with Gasteiger partial charge in [0, 0.05) is 24.8 Å². The lowest BCUT2D eigenvalue weighted by atomic mass is 10.0. The lowest BCUT2D eigenvalue weighted by Gasteiger charge is -2.35. The second-order valence-corrected chi connectivity index (χ2v) is 10.4. The van der Waals surface area contributed by atoms with E-state index in [0.717, 1.165) is 12.1 Å². The highest BCUT2D eigenvalue weighted by Crippen LogP contribution is 2.35. The van der Waals surface area contributed by atoms with Gasteiger partial charge in [-0.25, -0.2) is 18.4 Å². The van der Waals surface area contributed by atoms with Crippen molar-refractivity contribution in [2.75, 3.05) is 19.7 Å². The number of nitriles is 1. The first-order valence-electron chi connectivity index (χ1n) is 13.0. The quantitative estimate of drug-likeness (QED) is 0.311. The summed E-state index contributed by atoms with van der Waals surface area (Å²) in [6, 6.07) is 11.6. The molecule has 0 bridgehead atoms. The molecule has 40 heavy (non-hydrogen) atoms. The van der Waals surface area contributed by atoms with Gasteiger partial charge in [-0.2, -0.15) is 5.26 Å². The Morgan fingerprint density at radius 2 is 1.77 bits per heavy atom. The van der Waals surface area contributed by atoms with Crippen molar-refractivity contribution >= 4 is 12.1 Å². The normalized spacial score (nSPS) is 15.3. The van der Waals surface area contributed by atoms with Crippen molar-refractivity contribution in [2.45, 2.75) is 52.2 Å². The van der Waals surface area contributed by atoms with E-state index in [1.165, 1.54) is 18.2 Å². The molecule has 0 unspecified atom stereocenters. The first-order chi connectivity index (χ1) is 19.0. The van der Waals surface area contributed by atoms with E-state index in [9.17, 15) is 23.6 Å². The number of likely N-dealkylation sites (tertiary alicyclic amines) is 1. The number of carbonyl (C=O) groups is 2. The van der Waals surface area contributed by atoms with Crippen LogP contribution in [0.2, 0.25) is 0 Å². The summed E-state index contributed by atoms with van der Waals surface area (Å²) in [6.45, 7) is 8.01. The molecule has 0 radical (unpaired) electrons. The Kier molecular flexibility index (Phi) is 8.43. The molecular weight excluding hydrogens is 520 g/mol. The molecule has 1 saturated heterocycles. The predicted molar refractivity (Wildman–Crippen MR) is 143 cm³/mol. The zero-order chi connectivity index (χ0) is 29.0. The van der Waals surface area contributed by atoms with Crippen molar-refractivity contribution in [1.82, 2.24) is 9.47 Å². The fourth-order valence-corrected chi connectivity index (χ4v) is 4.63. The first-order valence-corrected chi connectivity index (χ1v) is 13.0. The second-order valence-electron chi connectivity index (χ2n) is 10.4. The van der Waals surface area contributed by atoms with Crippen molar-refractivity contribution in [2.24, 2.45) is 0 Å². The van der Waals surface area contributed by atoms with E-state index in [-0.39, 0.29) is 29.7 Å². The summed E-state index contributed by atoms with van der Waals surface area (Å²) in [5, 5.41) is 10.1. The van der Waals surface area contributed by atoms with Crippen LogP contribution in [-0.4, -0.2) is 46.8 Å². The number of ether oxygens (including phenoxy) is 3. The van der Waals surface area contributed by atoms with Gasteiger partial charge in [0.05, 0.1) is 18.2 Å². The molecule has 0 spiro atoms. The lowest BCUT2D eigenvalue weighted by Crippen LogP contribution is -2.43. The molecule has 1 aliphatic rings. The van der Waals surface area contributed by atoms with Gasteiger partial charge in [-0.15, -0.1) is 0 Å². The average Bonchev–Trinajstić information content (AvgIpc) is 3.30. The summed E-state index contributed by atoms with van der Waals surface area (Å²) in [6.07, 6.45) is 2.62. The Labute approximate surface area is 231 Å². The largest absolute Gasteiger partial charge is 0.461 e. The van der Waals surface area contributed by atoms with Crippen LogP contribution in [-0.2, 0) is 9.47 Å². The van der Waals surface area contributed by atoms with Crippen molar-refractivity contribution in [3.63, 3.8) is 0 Å². The summed E-state index contributed by atoms with van der Waals surface area (Å²) in [4.78, 5) is 27.4. The van der Waals surface area contributed by atoms with Crippen LogP contribution in [0, 0.1) is 23.0 Å². The first kappa shape index (κ1) is 28.6. The van der Waals surface area contributed by atoms with Gasteiger partial charge < -0.3 is 23.7 Å². The zero-order valence-corrected chi connectivity index (χ0v) is 22.9. The number of halogens is 2. The topological polar surface area (TPSA) is 93.8 Å². The van der Waals surface area contributed by atoms with E-state index in [2.05, 4.69) is 6.07 Å². The third-order valence-corrected chi connectivity index (χ3v) is 6.36. The van der Waals surface area contributed by atoms with Crippen molar-refractivity contribution < 1.29 is 32.6 Å². The van der Waals surface area contributed by atoms with Crippen LogP contribution in [0.3, 0.4) is 0 Å². The number of nitrogens with zero attached hydrogens (tertiary/aromatic N) is 3. The van der Waals surface area contributed by atoms with Crippen molar-refractivity contribution in [1.29, 1.82) is 5.26 Å². The summed E-state index contributed by atoms with van der Waals surface area (Å²) in [5.41, 5.74) is 0.638. The predicted octanol–water partition coefficient (Wildman–Crippen LogP) is 6.85. The fraction of sp³-hybridized carbons (Fsp3) is 0.367. The van der Waals surface area contributed by atoms with Gasteiger partial charge >= 0.3 is 12.1 Å². The molecule has 2 aromatic carbocycles. The second kappa shape index (κ2) is 11.8. The Balaban J connectivity index is 1.68. The van der Waals surface area contributed by atoms with Gasteiger partial charge in [-0.1, -0.05) is 18.2 Å². The van der Waals surface area contributed by atoms with E-state index in [1.807, 2.05) is 0 Å².